The lowest BCUT2D eigenvalue weighted by Crippen LogP contribution is -2.49. The molecular formula is C17H22ClNO3. The molecule has 2 aliphatic rings. The van der Waals surface area contributed by atoms with Gasteiger partial charge in [0.15, 0.2) is 0 Å². The van der Waals surface area contributed by atoms with Crippen LogP contribution in [0.25, 0.3) is 0 Å². The second kappa shape index (κ2) is 7.44. The lowest BCUT2D eigenvalue weighted by Gasteiger charge is -2.39. The minimum Gasteiger partial charge on any atom is -0.381 e. The molecule has 2 fully saturated rings. The lowest BCUT2D eigenvalue weighted by atomic mass is 9.79. The minimum atomic E-state index is -0.0884. The zero-order chi connectivity index (χ0) is 15.4. The molecule has 2 aliphatic heterocycles. The van der Waals surface area contributed by atoms with Crippen molar-refractivity contribution < 1.29 is 14.3 Å². The number of rotatable bonds is 3. The van der Waals surface area contributed by atoms with E-state index in [2.05, 4.69) is 5.32 Å². The lowest BCUT2D eigenvalue weighted by molar-refractivity contribution is -0.0259. The molecule has 5 heteroatoms. The standard InChI is InChI=1S/C17H22ClNO3/c18-15-4-2-1-3-13(15)17(20)19-16-7-10-22-11-14(16)12-5-8-21-9-6-12/h1-4,12,14,16H,5-11H2,(H,19,20)/t14-,16-/m0/s1. The Morgan fingerprint density at radius 2 is 1.82 bits per heavy atom. The van der Waals surface area contributed by atoms with E-state index in [1.807, 2.05) is 12.1 Å². The zero-order valence-electron chi connectivity index (χ0n) is 12.6. The number of hydrogen-bond acceptors (Lipinski definition) is 3. The fourth-order valence-corrected chi connectivity index (χ4v) is 3.66. The van der Waals surface area contributed by atoms with Crippen LogP contribution in [0.3, 0.4) is 0 Å². The first-order valence-corrected chi connectivity index (χ1v) is 8.34. The summed E-state index contributed by atoms with van der Waals surface area (Å²) in [5.74, 6) is 0.837. The Hall–Kier alpha value is -1.10. The van der Waals surface area contributed by atoms with Crippen molar-refractivity contribution in [2.24, 2.45) is 11.8 Å². The molecule has 2 heterocycles. The largest absolute Gasteiger partial charge is 0.381 e. The van der Waals surface area contributed by atoms with E-state index in [1.54, 1.807) is 12.1 Å². The molecule has 0 bridgehead atoms. The van der Waals surface area contributed by atoms with Gasteiger partial charge in [-0.25, -0.2) is 0 Å². The summed E-state index contributed by atoms with van der Waals surface area (Å²) in [4.78, 5) is 12.5. The normalized spacial score (nSPS) is 26.6. The van der Waals surface area contributed by atoms with Gasteiger partial charge in [-0.05, 0) is 37.3 Å². The van der Waals surface area contributed by atoms with Crippen LogP contribution in [0, 0.1) is 11.8 Å². The molecule has 1 N–H and O–H groups in total. The summed E-state index contributed by atoms with van der Waals surface area (Å²) in [6.07, 6.45) is 2.96. The van der Waals surface area contributed by atoms with Crippen molar-refractivity contribution in [3.05, 3.63) is 34.9 Å². The van der Waals surface area contributed by atoms with Crippen LogP contribution in [0.4, 0.5) is 0 Å². The smallest absolute Gasteiger partial charge is 0.253 e. The maximum Gasteiger partial charge on any atom is 0.253 e. The molecule has 1 amide bonds. The second-order valence-electron chi connectivity index (χ2n) is 6.04. The third-order valence-corrected chi connectivity index (χ3v) is 5.04. The van der Waals surface area contributed by atoms with E-state index in [9.17, 15) is 4.79 Å². The van der Waals surface area contributed by atoms with Gasteiger partial charge in [0.25, 0.3) is 5.91 Å². The summed E-state index contributed by atoms with van der Waals surface area (Å²) in [6, 6.07) is 7.33. The van der Waals surface area contributed by atoms with Gasteiger partial charge in [0.1, 0.15) is 0 Å². The molecule has 0 radical (unpaired) electrons. The van der Waals surface area contributed by atoms with E-state index in [1.165, 1.54) is 0 Å². The third kappa shape index (κ3) is 3.62. The Morgan fingerprint density at radius 1 is 1.09 bits per heavy atom. The maximum absolute atomic E-state index is 12.5. The highest BCUT2D eigenvalue weighted by Gasteiger charge is 2.34. The SMILES string of the molecule is O=C(N[C@H]1CCOC[C@H]1C1CCOCC1)c1ccccc1Cl. The number of carbonyl (C=O) groups is 1. The highest BCUT2D eigenvalue weighted by Crippen LogP contribution is 2.30. The first-order chi connectivity index (χ1) is 10.8. The number of ether oxygens (including phenoxy) is 2. The number of carbonyl (C=O) groups excluding carboxylic acids is 1. The summed E-state index contributed by atoms with van der Waals surface area (Å²) in [6.45, 7) is 3.05. The van der Waals surface area contributed by atoms with E-state index < -0.39 is 0 Å². The molecule has 120 valence electrons. The van der Waals surface area contributed by atoms with Gasteiger partial charge in [-0.15, -0.1) is 0 Å². The molecule has 0 aliphatic carbocycles. The molecule has 0 aromatic heterocycles. The minimum absolute atomic E-state index is 0.0884. The average Bonchev–Trinajstić information content (AvgIpc) is 2.56. The summed E-state index contributed by atoms with van der Waals surface area (Å²) in [5.41, 5.74) is 0.543. The number of nitrogens with one attached hydrogen (secondary N) is 1. The van der Waals surface area contributed by atoms with Crippen LogP contribution in [0.2, 0.25) is 5.02 Å². The molecule has 4 nitrogen and oxygen atoms in total. The van der Waals surface area contributed by atoms with Gasteiger partial charge in [-0.3, -0.25) is 4.79 Å². The number of hydrogen-bond donors (Lipinski definition) is 1. The van der Waals surface area contributed by atoms with Crippen LogP contribution in [-0.2, 0) is 9.47 Å². The van der Waals surface area contributed by atoms with Gasteiger partial charge in [-0.2, -0.15) is 0 Å². The summed E-state index contributed by atoms with van der Waals surface area (Å²) < 4.78 is 11.1. The van der Waals surface area contributed by atoms with Gasteiger partial charge in [0.05, 0.1) is 17.2 Å². The molecule has 0 saturated carbocycles. The predicted molar refractivity (Wildman–Crippen MR) is 85.2 cm³/mol. The monoisotopic (exact) mass is 323 g/mol. The predicted octanol–water partition coefficient (Wildman–Crippen LogP) is 2.90. The fourth-order valence-electron chi connectivity index (χ4n) is 3.44. The van der Waals surface area contributed by atoms with E-state index in [0.717, 1.165) is 39.1 Å². The molecule has 0 unspecified atom stereocenters. The third-order valence-electron chi connectivity index (χ3n) is 4.71. The van der Waals surface area contributed by atoms with Crippen molar-refractivity contribution in [2.45, 2.75) is 25.3 Å². The Balaban J connectivity index is 1.68. The highest BCUT2D eigenvalue weighted by molar-refractivity contribution is 6.33. The van der Waals surface area contributed by atoms with Crippen LogP contribution >= 0.6 is 11.6 Å². The summed E-state index contributed by atoms with van der Waals surface area (Å²) >= 11 is 6.12. The summed E-state index contributed by atoms with van der Waals surface area (Å²) in [5, 5.41) is 3.67. The van der Waals surface area contributed by atoms with Gasteiger partial charge in [0.2, 0.25) is 0 Å². The van der Waals surface area contributed by atoms with Gasteiger partial charge in [-0.1, -0.05) is 23.7 Å². The Morgan fingerprint density at radius 3 is 2.59 bits per heavy atom. The van der Waals surface area contributed by atoms with Gasteiger partial charge in [0, 0.05) is 31.8 Å². The average molecular weight is 324 g/mol. The van der Waals surface area contributed by atoms with Crippen LogP contribution in [0.5, 0.6) is 0 Å². The zero-order valence-corrected chi connectivity index (χ0v) is 13.3. The quantitative estimate of drug-likeness (QED) is 0.930. The van der Waals surface area contributed by atoms with E-state index >= 15 is 0 Å². The Kier molecular flexibility index (Phi) is 5.34. The van der Waals surface area contributed by atoms with E-state index in [-0.39, 0.29) is 11.9 Å². The topological polar surface area (TPSA) is 47.6 Å². The number of halogens is 1. The first kappa shape index (κ1) is 15.8. The fraction of sp³-hybridized carbons (Fsp3) is 0.588. The Bertz CT molecular complexity index is 516. The molecule has 0 spiro atoms. The molecule has 1 aromatic rings. The van der Waals surface area contributed by atoms with Crippen LogP contribution in [-0.4, -0.2) is 38.4 Å². The highest BCUT2D eigenvalue weighted by atomic mass is 35.5. The van der Waals surface area contributed by atoms with Gasteiger partial charge >= 0.3 is 0 Å². The first-order valence-electron chi connectivity index (χ1n) is 7.96. The van der Waals surface area contributed by atoms with E-state index in [4.69, 9.17) is 21.1 Å². The van der Waals surface area contributed by atoms with E-state index in [0.29, 0.717) is 29.0 Å². The van der Waals surface area contributed by atoms with Crippen molar-refractivity contribution in [1.82, 2.24) is 5.32 Å². The van der Waals surface area contributed by atoms with Crippen LogP contribution in [0.1, 0.15) is 29.6 Å². The molecular weight excluding hydrogens is 302 g/mol. The summed E-state index contributed by atoms with van der Waals surface area (Å²) in [7, 11) is 0. The molecule has 3 rings (SSSR count). The number of benzene rings is 1. The molecule has 2 atom stereocenters. The Labute approximate surface area is 136 Å². The van der Waals surface area contributed by atoms with Crippen molar-refractivity contribution in [3.63, 3.8) is 0 Å². The maximum atomic E-state index is 12.5. The van der Waals surface area contributed by atoms with Crippen molar-refractivity contribution in [3.8, 4) is 0 Å². The molecule has 22 heavy (non-hydrogen) atoms. The van der Waals surface area contributed by atoms with Crippen molar-refractivity contribution in [2.75, 3.05) is 26.4 Å². The van der Waals surface area contributed by atoms with Crippen LogP contribution < -0.4 is 5.32 Å². The molecule has 2 saturated heterocycles. The molecule has 1 aromatic carbocycles. The second-order valence-corrected chi connectivity index (χ2v) is 6.44. The van der Waals surface area contributed by atoms with Crippen molar-refractivity contribution in [1.29, 1.82) is 0 Å². The van der Waals surface area contributed by atoms with Crippen molar-refractivity contribution >= 4 is 17.5 Å². The number of amides is 1. The van der Waals surface area contributed by atoms with Crippen LogP contribution in [0.15, 0.2) is 24.3 Å². The van der Waals surface area contributed by atoms with Gasteiger partial charge < -0.3 is 14.8 Å².